The molecule has 0 heterocycles. The molecule has 2 aromatic rings. The van der Waals surface area contributed by atoms with Gasteiger partial charge in [-0.3, -0.25) is 4.79 Å². The van der Waals surface area contributed by atoms with Crippen LogP contribution in [0.15, 0.2) is 42.5 Å². The normalized spacial score (nSPS) is 9.96. The summed E-state index contributed by atoms with van der Waals surface area (Å²) >= 11 is 6.08. The number of carbonyl (C=O) groups excluding carboxylic acids is 1. The fourth-order valence-corrected chi connectivity index (χ4v) is 2.49. The molecule has 2 rings (SSSR count). The summed E-state index contributed by atoms with van der Waals surface area (Å²) in [6, 6.07) is 13.0. The van der Waals surface area contributed by atoms with E-state index in [1.165, 1.54) is 0 Å². The molecular weight excluding hydrogens is 338 g/mol. The molecule has 0 saturated carbocycles. The lowest BCUT2D eigenvalue weighted by Crippen LogP contribution is -2.23. The van der Waals surface area contributed by atoms with E-state index in [2.05, 4.69) is 11.2 Å². The zero-order valence-corrected chi connectivity index (χ0v) is 14.8. The van der Waals surface area contributed by atoms with E-state index in [4.69, 9.17) is 27.5 Å². The van der Waals surface area contributed by atoms with Crippen LogP contribution in [0.4, 0.5) is 0 Å². The van der Waals surface area contributed by atoms with Crippen LogP contribution in [-0.2, 0) is 17.8 Å². The molecule has 0 aliphatic heterocycles. The highest BCUT2D eigenvalue weighted by atomic mass is 35.5. The molecule has 0 aromatic heterocycles. The van der Waals surface area contributed by atoms with Gasteiger partial charge in [-0.2, -0.15) is 0 Å². The highest BCUT2D eigenvalue weighted by Gasteiger charge is 2.08. The van der Waals surface area contributed by atoms with E-state index < -0.39 is 0 Å². The Kier molecular flexibility index (Phi) is 7.18. The summed E-state index contributed by atoms with van der Waals surface area (Å²) in [6.45, 7) is 0.598. The van der Waals surface area contributed by atoms with Gasteiger partial charge in [0.15, 0.2) is 11.5 Å². The average Bonchev–Trinajstić information content (AvgIpc) is 2.64. The third kappa shape index (κ3) is 5.74. The molecule has 0 bridgehead atoms. The van der Waals surface area contributed by atoms with Gasteiger partial charge in [0, 0.05) is 18.0 Å². The van der Waals surface area contributed by atoms with Crippen molar-refractivity contribution in [2.24, 2.45) is 0 Å². The molecule has 0 spiro atoms. The van der Waals surface area contributed by atoms with E-state index in [0.29, 0.717) is 35.9 Å². The lowest BCUT2D eigenvalue weighted by molar-refractivity contribution is -0.121. The SMILES string of the molecule is C#CCOc1ccc(CCC(=O)NCc2ccccc2Cl)cc1OC. The van der Waals surface area contributed by atoms with Crippen molar-refractivity contribution in [3.8, 4) is 23.8 Å². The van der Waals surface area contributed by atoms with Gasteiger partial charge in [0.2, 0.25) is 5.91 Å². The predicted octanol–water partition coefficient (Wildman–Crippen LogP) is 3.61. The van der Waals surface area contributed by atoms with Crippen molar-refractivity contribution in [3.05, 3.63) is 58.6 Å². The number of methoxy groups -OCH3 is 1. The number of rotatable bonds is 8. The second-order valence-corrected chi connectivity index (χ2v) is 5.75. The van der Waals surface area contributed by atoms with E-state index in [1.54, 1.807) is 19.2 Å². The average molecular weight is 358 g/mol. The minimum absolute atomic E-state index is 0.0356. The van der Waals surface area contributed by atoms with E-state index in [-0.39, 0.29) is 12.5 Å². The molecule has 1 amide bonds. The molecule has 0 radical (unpaired) electrons. The zero-order valence-electron chi connectivity index (χ0n) is 14.0. The topological polar surface area (TPSA) is 47.6 Å². The number of hydrogen-bond acceptors (Lipinski definition) is 3. The molecule has 130 valence electrons. The van der Waals surface area contributed by atoms with Crippen molar-refractivity contribution >= 4 is 17.5 Å². The number of carbonyl (C=O) groups is 1. The molecule has 0 aliphatic carbocycles. The lowest BCUT2D eigenvalue weighted by atomic mass is 10.1. The van der Waals surface area contributed by atoms with Crippen LogP contribution in [0.5, 0.6) is 11.5 Å². The van der Waals surface area contributed by atoms with E-state index in [1.807, 2.05) is 30.3 Å². The van der Waals surface area contributed by atoms with Crippen LogP contribution < -0.4 is 14.8 Å². The molecule has 0 unspecified atom stereocenters. The fourth-order valence-electron chi connectivity index (χ4n) is 2.29. The van der Waals surface area contributed by atoms with Crippen molar-refractivity contribution in [2.75, 3.05) is 13.7 Å². The first-order chi connectivity index (χ1) is 12.1. The first kappa shape index (κ1) is 18.7. The first-order valence-electron chi connectivity index (χ1n) is 7.87. The Morgan fingerprint density at radius 2 is 2.04 bits per heavy atom. The molecule has 2 aromatic carbocycles. The zero-order chi connectivity index (χ0) is 18.1. The van der Waals surface area contributed by atoms with Gasteiger partial charge in [0.1, 0.15) is 6.61 Å². The minimum Gasteiger partial charge on any atom is -0.493 e. The summed E-state index contributed by atoms with van der Waals surface area (Å²) < 4.78 is 10.7. The number of halogens is 1. The van der Waals surface area contributed by atoms with Crippen molar-refractivity contribution in [1.29, 1.82) is 0 Å². The molecular formula is C20H20ClNO3. The number of hydrogen-bond donors (Lipinski definition) is 1. The van der Waals surface area contributed by atoms with Gasteiger partial charge in [-0.25, -0.2) is 0 Å². The predicted molar refractivity (Wildman–Crippen MR) is 98.9 cm³/mol. The number of ether oxygens (including phenoxy) is 2. The third-order valence-electron chi connectivity index (χ3n) is 3.61. The van der Waals surface area contributed by atoms with E-state index >= 15 is 0 Å². The second kappa shape index (κ2) is 9.61. The second-order valence-electron chi connectivity index (χ2n) is 5.35. The first-order valence-corrected chi connectivity index (χ1v) is 8.25. The standard InChI is InChI=1S/C20H20ClNO3/c1-3-12-25-18-10-8-15(13-19(18)24-2)9-11-20(23)22-14-16-6-4-5-7-17(16)21/h1,4-8,10,13H,9,11-12,14H2,2H3,(H,22,23). The molecule has 5 heteroatoms. The van der Waals surface area contributed by atoms with Crippen LogP contribution >= 0.6 is 11.6 Å². The summed E-state index contributed by atoms with van der Waals surface area (Å²) in [4.78, 5) is 12.0. The summed E-state index contributed by atoms with van der Waals surface area (Å²) in [5.74, 6) is 3.57. The highest BCUT2D eigenvalue weighted by Crippen LogP contribution is 2.28. The molecule has 0 aliphatic rings. The van der Waals surface area contributed by atoms with E-state index in [9.17, 15) is 4.79 Å². The fraction of sp³-hybridized carbons (Fsp3) is 0.250. The van der Waals surface area contributed by atoms with Gasteiger partial charge in [-0.15, -0.1) is 6.42 Å². The number of aryl methyl sites for hydroxylation is 1. The maximum atomic E-state index is 12.0. The van der Waals surface area contributed by atoms with Crippen molar-refractivity contribution in [2.45, 2.75) is 19.4 Å². The van der Waals surface area contributed by atoms with Crippen LogP contribution in [-0.4, -0.2) is 19.6 Å². The Morgan fingerprint density at radius 3 is 2.76 bits per heavy atom. The number of benzene rings is 2. The molecule has 4 nitrogen and oxygen atoms in total. The third-order valence-corrected chi connectivity index (χ3v) is 3.98. The molecule has 1 N–H and O–H groups in total. The maximum absolute atomic E-state index is 12.0. The Balaban J connectivity index is 1.87. The minimum atomic E-state index is -0.0356. The lowest BCUT2D eigenvalue weighted by Gasteiger charge is -2.11. The summed E-state index contributed by atoms with van der Waals surface area (Å²) in [7, 11) is 1.57. The van der Waals surface area contributed by atoms with Crippen molar-refractivity contribution < 1.29 is 14.3 Å². The van der Waals surface area contributed by atoms with Crippen molar-refractivity contribution in [3.63, 3.8) is 0 Å². The number of amides is 1. The Hall–Kier alpha value is -2.64. The quantitative estimate of drug-likeness (QED) is 0.734. The van der Waals surface area contributed by atoms with Gasteiger partial charge in [-0.1, -0.05) is 41.8 Å². The molecule has 25 heavy (non-hydrogen) atoms. The highest BCUT2D eigenvalue weighted by molar-refractivity contribution is 6.31. The number of terminal acetylenes is 1. The van der Waals surface area contributed by atoms with Crippen LogP contribution in [0.3, 0.4) is 0 Å². The summed E-state index contributed by atoms with van der Waals surface area (Å²) in [5, 5.41) is 3.52. The van der Waals surface area contributed by atoms with Crippen LogP contribution in [0.1, 0.15) is 17.5 Å². The largest absolute Gasteiger partial charge is 0.493 e. The van der Waals surface area contributed by atoms with Gasteiger partial charge in [0.05, 0.1) is 7.11 Å². The Morgan fingerprint density at radius 1 is 1.24 bits per heavy atom. The molecule has 0 atom stereocenters. The van der Waals surface area contributed by atoms with Gasteiger partial charge in [-0.05, 0) is 35.7 Å². The summed E-state index contributed by atoms with van der Waals surface area (Å²) in [5.41, 5.74) is 1.88. The van der Waals surface area contributed by atoms with Gasteiger partial charge >= 0.3 is 0 Å². The molecule has 0 saturated heterocycles. The van der Waals surface area contributed by atoms with Gasteiger partial charge < -0.3 is 14.8 Å². The number of nitrogens with one attached hydrogen (secondary N) is 1. The van der Waals surface area contributed by atoms with Gasteiger partial charge in [0.25, 0.3) is 0 Å². The Labute approximate surface area is 153 Å². The maximum Gasteiger partial charge on any atom is 0.220 e. The Bertz CT molecular complexity index is 768. The summed E-state index contributed by atoms with van der Waals surface area (Å²) in [6.07, 6.45) is 6.16. The van der Waals surface area contributed by atoms with E-state index in [0.717, 1.165) is 11.1 Å². The van der Waals surface area contributed by atoms with Crippen LogP contribution in [0, 0.1) is 12.3 Å². The van der Waals surface area contributed by atoms with Crippen molar-refractivity contribution in [1.82, 2.24) is 5.32 Å². The monoisotopic (exact) mass is 357 g/mol. The van der Waals surface area contributed by atoms with Crippen LogP contribution in [0.2, 0.25) is 5.02 Å². The molecule has 0 fully saturated rings. The smallest absolute Gasteiger partial charge is 0.220 e. The van der Waals surface area contributed by atoms with Crippen LogP contribution in [0.25, 0.3) is 0 Å².